The molecule has 2 aromatic carbocycles. The van der Waals surface area contributed by atoms with Gasteiger partial charge in [0.1, 0.15) is 16.5 Å². The Morgan fingerprint density at radius 2 is 1.51 bits per heavy atom. The van der Waals surface area contributed by atoms with Crippen molar-refractivity contribution in [2.45, 2.75) is 49.6 Å². The van der Waals surface area contributed by atoms with Gasteiger partial charge in [0.15, 0.2) is 0 Å². The first-order valence-electron chi connectivity index (χ1n) is 11.5. The minimum Gasteiger partial charge on any atom is -0.349 e. The van der Waals surface area contributed by atoms with Crippen LogP contribution in [0.15, 0.2) is 71.8 Å². The fourth-order valence-corrected chi connectivity index (χ4v) is 5.51. The number of nitrogens with one attached hydrogen (secondary N) is 2. The highest BCUT2D eigenvalue weighted by Crippen LogP contribution is 2.27. The average molecular weight is 500 g/mol. The third kappa shape index (κ3) is 6.29. The lowest BCUT2D eigenvalue weighted by molar-refractivity contribution is -0.126. The van der Waals surface area contributed by atoms with Crippen LogP contribution in [0.4, 0.5) is 8.78 Å². The van der Waals surface area contributed by atoms with Crippen LogP contribution in [0.3, 0.4) is 0 Å². The summed E-state index contributed by atoms with van der Waals surface area (Å²) in [4.78, 5) is 16.9. The van der Waals surface area contributed by atoms with Crippen LogP contribution in [0.25, 0.3) is 11.3 Å². The van der Waals surface area contributed by atoms with Crippen molar-refractivity contribution in [3.8, 4) is 11.3 Å². The smallest absolute Gasteiger partial charge is 0.242 e. The molecule has 3 aromatic rings. The van der Waals surface area contributed by atoms with Crippen molar-refractivity contribution in [1.82, 2.24) is 15.0 Å². The molecule has 9 heteroatoms. The van der Waals surface area contributed by atoms with Gasteiger partial charge < -0.3 is 5.32 Å². The number of hydrogen-bond donors (Lipinski definition) is 2. The van der Waals surface area contributed by atoms with Gasteiger partial charge in [0, 0.05) is 23.7 Å². The largest absolute Gasteiger partial charge is 0.349 e. The van der Waals surface area contributed by atoms with E-state index >= 15 is 0 Å². The number of carbonyl (C=O) groups is 1. The van der Waals surface area contributed by atoms with E-state index in [9.17, 15) is 22.0 Å². The Hall–Kier alpha value is -3.17. The first-order valence-corrected chi connectivity index (χ1v) is 13.0. The number of aromatic nitrogens is 1. The van der Waals surface area contributed by atoms with Gasteiger partial charge in [-0.05, 0) is 86.7 Å². The molecule has 6 nitrogen and oxygen atoms in total. The Balaban J connectivity index is 1.30. The van der Waals surface area contributed by atoms with Crippen molar-refractivity contribution in [2.24, 2.45) is 5.92 Å². The maximum absolute atomic E-state index is 13.1. The summed E-state index contributed by atoms with van der Waals surface area (Å²) in [6.07, 6.45) is 3.51. The molecule has 1 amide bonds. The molecule has 1 atom stereocenters. The third-order valence-electron chi connectivity index (χ3n) is 6.34. The van der Waals surface area contributed by atoms with Crippen LogP contribution in [0, 0.1) is 17.6 Å². The number of hydrogen-bond acceptors (Lipinski definition) is 4. The summed E-state index contributed by atoms with van der Waals surface area (Å²) in [5.41, 5.74) is 2.05. The van der Waals surface area contributed by atoms with Gasteiger partial charge in [0.25, 0.3) is 0 Å². The average Bonchev–Trinajstić information content (AvgIpc) is 2.85. The van der Waals surface area contributed by atoms with E-state index in [0.29, 0.717) is 36.9 Å². The number of amides is 1. The number of halogens is 2. The fourth-order valence-electron chi connectivity index (χ4n) is 4.26. The maximum atomic E-state index is 13.1. The molecule has 1 aliphatic carbocycles. The van der Waals surface area contributed by atoms with Gasteiger partial charge in [0.2, 0.25) is 15.9 Å². The predicted octanol–water partition coefficient (Wildman–Crippen LogP) is 4.74. The lowest BCUT2D eigenvalue weighted by Crippen LogP contribution is -2.41. The molecule has 4 rings (SSSR count). The monoisotopic (exact) mass is 499 g/mol. The van der Waals surface area contributed by atoms with Gasteiger partial charge in [0.05, 0.1) is 11.7 Å². The van der Waals surface area contributed by atoms with Gasteiger partial charge >= 0.3 is 0 Å². The van der Waals surface area contributed by atoms with Gasteiger partial charge in [-0.2, -0.15) is 0 Å². The zero-order valence-electron chi connectivity index (χ0n) is 19.2. The van der Waals surface area contributed by atoms with Crippen molar-refractivity contribution in [3.63, 3.8) is 0 Å². The van der Waals surface area contributed by atoms with Crippen molar-refractivity contribution in [1.29, 1.82) is 0 Å². The Kier molecular flexibility index (Phi) is 7.57. The number of pyridine rings is 1. The number of benzene rings is 2. The molecule has 2 N–H and O–H groups in total. The SMILES string of the molecule is C[C@@H](NC(=O)[C@H]1CC[C@H](NS(=O)(=O)c2ccc(-c3ccc(F)cc3)nc2)CC1)c1ccc(F)cc1. The molecule has 0 unspecified atom stereocenters. The molecule has 1 aromatic heterocycles. The number of nitrogens with zero attached hydrogens (tertiary/aromatic N) is 1. The summed E-state index contributed by atoms with van der Waals surface area (Å²) in [6.45, 7) is 1.85. The molecule has 1 heterocycles. The van der Waals surface area contributed by atoms with Crippen LogP contribution in [0.1, 0.15) is 44.2 Å². The summed E-state index contributed by atoms with van der Waals surface area (Å²) in [7, 11) is -3.77. The zero-order valence-corrected chi connectivity index (χ0v) is 20.1. The fraction of sp³-hybridized carbons (Fsp3) is 0.308. The number of rotatable bonds is 7. The molecule has 0 spiro atoms. The van der Waals surface area contributed by atoms with E-state index in [2.05, 4.69) is 15.0 Å². The minimum absolute atomic E-state index is 0.0522. The van der Waals surface area contributed by atoms with Crippen LogP contribution in [-0.4, -0.2) is 25.4 Å². The molecular weight excluding hydrogens is 472 g/mol. The highest BCUT2D eigenvalue weighted by Gasteiger charge is 2.30. The van der Waals surface area contributed by atoms with E-state index in [-0.39, 0.29) is 40.4 Å². The molecule has 0 radical (unpaired) electrons. The Morgan fingerprint density at radius 3 is 2.09 bits per heavy atom. The predicted molar refractivity (Wildman–Crippen MR) is 129 cm³/mol. The number of sulfonamides is 1. The normalized spacial score (nSPS) is 19.2. The Bertz CT molecular complexity index is 1260. The summed E-state index contributed by atoms with van der Waals surface area (Å²) in [6, 6.07) is 14.4. The maximum Gasteiger partial charge on any atom is 0.242 e. The molecule has 0 bridgehead atoms. The molecule has 35 heavy (non-hydrogen) atoms. The van der Waals surface area contributed by atoms with E-state index in [1.807, 2.05) is 6.92 Å². The summed E-state index contributed by atoms with van der Waals surface area (Å²) in [5.74, 6) is -0.960. The van der Waals surface area contributed by atoms with Crippen LogP contribution >= 0.6 is 0 Å². The number of carbonyl (C=O) groups excluding carboxylic acids is 1. The van der Waals surface area contributed by atoms with Crippen LogP contribution < -0.4 is 10.0 Å². The Labute approximate surface area is 203 Å². The highest BCUT2D eigenvalue weighted by molar-refractivity contribution is 7.89. The van der Waals surface area contributed by atoms with E-state index in [4.69, 9.17) is 0 Å². The zero-order chi connectivity index (χ0) is 25.0. The summed E-state index contributed by atoms with van der Waals surface area (Å²) >= 11 is 0. The quantitative estimate of drug-likeness (QED) is 0.492. The summed E-state index contributed by atoms with van der Waals surface area (Å²) < 4.78 is 54.6. The van der Waals surface area contributed by atoms with Crippen LogP contribution in [-0.2, 0) is 14.8 Å². The first-order chi connectivity index (χ1) is 16.7. The highest BCUT2D eigenvalue weighted by atomic mass is 32.2. The lowest BCUT2D eigenvalue weighted by Gasteiger charge is -2.29. The molecule has 1 fully saturated rings. The van der Waals surface area contributed by atoms with E-state index in [0.717, 1.165) is 5.56 Å². The second-order valence-electron chi connectivity index (χ2n) is 8.84. The molecule has 0 saturated heterocycles. The van der Waals surface area contributed by atoms with Gasteiger partial charge in [-0.15, -0.1) is 0 Å². The topological polar surface area (TPSA) is 88.2 Å². The Morgan fingerprint density at radius 1 is 0.914 bits per heavy atom. The molecule has 1 aliphatic rings. The van der Waals surface area contributed by atoms with E-state index < -0.39 is 10.0 Å². The van der Waals surface area contributed by atoms with Crippen LogP contribution in [0.2, 0.25) is 0 Å². The van der Waals surface area contributed by atoms with Gasteiger partial charge in [-0.25, -0.2) is 21.9 Å². The van der Waals surface area contributed by atoms with Crippen molar-refractivity contribution in [3.05, 3.63) is 84.1 Å². The van der Waals surface area contributed by atoms with Crippen LogP contribution in [0.5, 0.6) is 0 Å². The molecule has 1 saturated carbocycles. The third-order valence-corrected chi connectivity index (χ3v) is 7.84. The molecular formula is C26H27F2N3O3S. The van der Waals surface area contributed by atoms with Crippen molar-refractivity contribution in [2.75, 3.05) is 0 Å². The van der Waals surface area contributed by atoms with Crippen molar-refractivity contribution >= 4 is 15.9 Å². The molecule has 184 valence electrons. The lowest BCUT2D eigenvalue weighted by atomic mass is 9.85. The second-order valence-corrected chi connectivity index (χ2v) is 10.6. The van der Waals surface area contributed by atoms with Crippen molar-refractivity contribution < 1.29 is 22.0 Å². The minimum atomic E-state index is -3.77. The first kappa shape index (κ1) is 24.9. The van der Waals surface area contributed by atoms with Gasteiger partial charge in [-0.1, -0.05) is 12.1 Å². The van der Waals surface area contributed by atoms with E-state index in [1.165, 1.54) is 36.5 Å². The summed E-state index contributed by atoms with van der Waals surface area (Å²) in [5, 5.41) is 2.97. The second kappa shape index (κ2) is 10.6. The van der Waals surface area contributed by atoms with E-state index in [1.54, 1.807) is 30.3 Å². The standard InChI is InChI=1S/C26H27F2N3O3S/c1-17(18-2-8-21(27)9-3-18)30-26(32)20-6-12-23(13-7-20)31-35(33,34)24-14-15-25(29-16-24)19-4-10-22(28)11-5-19/h2-5,8-11,14-17,20,23,31H,6-7,12-13H2,1H3,(H,30,32)/t17-,20-,23-/m1/s1. The van der Waals surface area contributed by atoms with Gasteiger partial charge in [-0.3, -0.25) is 9.78 Å². The molecule has 0 aliphatic heterocycles.